The number of benzene rings is 1. The van der Waals surface area contributed by atoms with Crippen molar-refractivity contribution in [3.63, 3.8) is 0 Å². The molecule has 2 aromatic heterocycles. The zero-order chi connectivity index (χ0) is 38.6. The van der Waals surface area contributed by atoms with Gasteiger partial charge < -0.3 is 71.7 Å². The van der Waals surface area contributed by atoms with E-state index in [0.29, 0.717) is 11.3 Å². The van der Waals surface area contributed by atoms with Crippen molar-refractivity contribution in [1.82, 2.24) is 30.2 Å². The number of fused-ring (bicyclic) bond motifs is 2. The third-order valence-corrected chi connectivity index (χ3v) is 11.3. The Morgan fingerprint density at radius 2 is 1.79 bits per heavy atom. The van der Waals surface area contributed by atoms with Crippen molar-refractivity contribution in [1.29, 1.82) is 0 Å². The Balaban J connectivity index is 1.04. The molecule has 3 aromatic rings. The van der Waals surface area contributed by atoms with Crippen LogP contribution in [-0.2, 0) is 32.0 Å². The quantitative estimate of drug-likeness (QED) is 0.0757. The van der Waals surface area contributed by atoms with E-state index in [1.807, 2.05) is 0 Å². The number of carbonyl (C=O) groups excluding carboxylic acids is 1. The molecular formula is C26H33ClN9O15P2-. The number of ether oxygens (including phenoxy) is 1. The van der Waals surface area contributed by atoms with E-state index in [9.17, 15) is 54.4 Å². The van der Waals surface area contributed by atoms with Crippen molar-refractivity contribution in [2.24, 2.45) is 0 Å². The fraction of sp³-hybridized carbons (Fsp3) is 0.462. The molecule has 290 valence electrons. The number of aliphatic hydroxyl groups is 5. The second kappa shape index (κ2) is 14.9. The standard InChI is InChI=1S/C26H33ClN9O15P2/c1-9-2-11-12(3-10(9)27)35(23-17(32-11)24(42)34-26(43)33-23)4-13(37)18(39)14(38)5-48-52(44,45)51-53(46,47)49-6-15-19(40)20(41)25(50-15)36-8-31-16-21(28)29-7-30-22(16)36/h2-3,7-8,13-15,18-20,25-26,32-33,37-41H,4-6H2,1H3,(H,34,42)(H,44,45)(H,46,47)(H2,28,29,30)/q-1/t13-,14-,15-,18-,19-,20-,25-,26?/m1/s1. The molecule has 0 spiro atoms. The Bertz CT molecular complexity index is 2030. The number of aliphatic hydroxyl groups excluding tert-OH is 5. The summed E-state index contributed by atoms with van der Waals surface area (Å²) in [4.78, 5) is 45.8. The lowest BCUT2D eigenvalue weighted by atomic mass is 10.0. The molecule has 3 unspecified atom stereocenters. The number of nitrogens with one attached hydrogen (secondary N) is 3. The average Bonchev–Trinajstić information content (AvgIpc) is 3.63. The van der Waals surface area contributed by atoms with E-state index in [2.05, 4.69) is 39.7 Å². The second-order valence-electron chi connectivity index (χ2n) is 11.9. The number of phosphoric ester groups is 2. The number of phosphoric acid groups is 2. The van der Waals surface area contributed by atoms with Crippen molar-refractivity contribution in [3.8, 4) is 0 Å². The van der Waals surface area contributed by atoms with Crippen LogP contribution in [0.25, 0.3) is 11.2 Å². The number of nitrogen functional groups attached to an aromatic ring is 1. The van der Waals surface area contributed by atoms with Crippen LogP contribution in [0.5, 0.6) is 0 Å². The van der Waals surface area contributed by atoms with Crippen LogP contribution in [0.2, 0.25) is 5.02 Å². The van der Waals surface area contributed by atoms with Crippen molar-refractivity contribution in [2.45, 2.75) is 56.1 Å². The van der Waals surface area contributed by atoms with Crippen LogP contribution in [-0.4, -0.2) is 123 Å². The normalized spacial score (nSPS) is 26.8. The van der Waals surface area contributed by atoms with E-state index in [-0.39, 0.29) is 39.2 Å². The highest BCUT2D eigenvalue weighted by atomic mass is 35.5. The fourth-order valence-electron chi connectivity index (χ4n) is 5.62. The molecule has 0 aliphatic carbocycles. The number of hydrogen-bond acceptors (Lipinski definition) is 20. The number of hydrogen-bond donors (Lipinski definition) is 11. The molecule has 6 rings (SSSR count). The van der Waals surface area contributed by atoms with Gasteiger partial charge >= 0.3 is 15.6 Å². The summed E-state index contributed by atoms with van der Waals surface area (Å²) in [7, 11) is -11.0. The van der Waals surface area contributed by atoms with Gasteiger partial charge in [-0.15, -0.1) is 0 Å². The van der Waals surface area contributed by atoms with Gasteiger partial charge in [0.2, 0.25) is 0 Å². The van der Waals surface area contributed by atoms with Gasteiger partial charge in [-0.25, -0.2) is 24.1 Å². The molecule has 53 heavy (non-hydrogen) atoms. The first kappa shape index (κ1) is 39.2. The third-order valence-electron chi connectivity index (χ3n) is 8.26. The number of β-amino-alcohol motifs (C(OH)–C–C–N with tert-alkyl or cyclic N) is 1. The molecule has 0 bridgehead atoms. The maximum absolute atomic E-state index is 12.6. The van der Waals surface area contributed by atoms with Crippen molar-refractivity contribution >= 4 is 61.5 Å². The van der Waals surface area contributed by atoms with E-state index in [0.717, 1.165) is 6.33 Å². The SMILES string of the molecule is Cc1cc2c(cc1Cl)N(C[C@@H](O)[C@@H](O)[C@H](O)COP(=O)(O)OP(=O)(O)OC[C@H]1O[C@@H](n3cnc4c(N)ncnc43)[C@H](O)[C@@H]1O)C1=C(N2)C(=O)NC([O-])N1. The molecule has 1 aromatic carbocycles. The molecule has 3 aliphatic rings. The Hall–Kier alpha value is -3.55. The summed E-state index contributed by atoms with van der Waals surface area (Å²) < 4.78 is 45.3. The van der Waals surface area contributed by atoms with Crippen LogP contribution < -0.4 is 31.7 Å². The minimum atomic E-state index is -5.54. The Kier molecular flexibility index (Phi) is 11.0. The molecule has 12 N–H and O–H groups in total. The first-order valence-corrected chi connectivity index (χ1v) is 18.7. The zero-order valence-corrected chi connectivity index (χ0v) is 29.6. The Morgan fingerprint density at radius 1 is 1.08 bits per heavy atom. The maximum Gasteiger partial charge on any atom is 0.481 e. The van der Waals surface area contributed by atoms with E-state index in [1.165, 1.54) is 21.9 Å². The van der Waals surface area contributed by atoms with Gasteiger partial charge in [0.15, 0.2) is 17.7 Å². The van der Waals surface area contributed by atoms with Crippen LogP contribution >= 0.6 is 27.2 Å². The highest BCUT2D eigenvalue weighted by molar-refractivity contribution is 7.61. The monoisotopic (exact) mass is 808 g/mol. The Labute approximate surface area is 302 Å². The van der Waals surface area contributed by atoms with Gasteiger partial charge in [0.05, 0.1) is 37.5 Å². The lowest BCUT2D eigenvalue weighted by molar-refractivity contribution is -0.433. The highest BCUT2D eigenvalue weighted by Crippen LogP contribution is 2.60. The molecule has 3 aliphatic heterocycles. The van der Waals surface area contributed by atoms with Gasteiger partial charge in [0.25, 0.3) is 5.91 Å². The van der Waals surface area contributed by atoms with Gasteiger partial charge in [-0.1, -0.05) is 11.6 Å². The molecule has 10 atom stereocenters. The van der Waals surface area contributed by atoms with Crippen LogP contribution in [0.4, 0.5) is 17.2 Å². The number of nitrogens with zero attached hydrogens (tertiary/aromatic N) is 5. The number of anilines is 3. The summed E-state index contributed by atoms with van der Waals surface area (Å²) in [6, 6.07) is 3.06. The van der Waals surface area contributed by atoms with E-state index in [1.54, 1.807) is 13.0 Å². The molecule has 0 radical (unpaired) electrons. The van der Waals surface area contributed by atoms with Crippen molar-refractivity contribution in [3.05, 3.63) is 46.9 Å². The first-order valence-electron chi connectivity index (χ1n) is 15.3. The number of rotatable bonds is 13. The summed E-state index contributed by atoms with van der Waals surface area (Å²) in [6.07, 6.45) is -11.7. The minimum absolute atomic E-state index is 0.0282. The number of halogens is 1. The summed E-state index contributed by atoms with van der Waals surface area (Å²) in [5, 5.41) is 73.0. The summed E-state index contributed by atoms with van der Waals surface area (Å²) >= 11 is 6.29. The highest BCUT2D eigenvalue weighted by Gasteiger charge is 2.46. The number of amides is 1. The number of imidazole rings is 1. The van der Waals surface area contributed by atoms with Crippen LogP contribution in [0.15, 0.2) is 36.3 Å². The number of nitrogens with two attached hydrogens (primary N) is 1. The molecule has 0 saturated carbocycles. The summed E-state index contributed by atoms with van der Waals surface area (Å²) in [5.41, 5.74) is 7.21. The zero-order valence-electron chi connectivity index (χ0n) is 27.0. The minimum Gasteiger partial charge on any atom is -0.820 e. The lowest BCUT2D eigenvalue weighted by Gasteiger charge is -2.43. The molecule has 27 heteroatoms. The van der Waals surface area contributed by atoms with Crippen molar-refractivity contribution in [2.75, 3.05) is 35.7 Å². The number of aryl methyl sites for hydroxylation is 1. The largest absolute Gasteiger partial charge is 0.820 e. The molecule has 1 amide bonds. The van der Waals surface area contributed by atoms with E-state index >= 15 is 0 Å². The van der Waals surface area contributed by atoms with Crippen LogP contribution in [0.3, 0.4) is 0 Å². The fourth-order valence-corrected chi connectivity index (χ4v) is 7.87. The number of aromatic nitrogens is 4. The van der Waals surface area contributed by atoms with Gasteiger partial charge in [0.1, 0.15) is 60.0 Å². The Morgan fingerprint density at radius 3 is 2.53 bits per heavy atom. The second-order valence-corrected chi connectivity index (χ2v) is 15.4. The number of carbonyl (C=O) groups is 1. The topological polar surface area (TPSA) is 362 Å². The average molecular weight is 809 g/mol. The maximum atomic E-state index is 12.6. The predicted molar refractivity (Wildman–Crippen MR) is 176 cm³/mol. The molecule has 1 saturated heterocycles. The molecule has 24 nitrogen and oxygen atoms in total. The van der Waals surface area contributed by atoms with Crippen LogP contribution in [0.1, 0.15) is 11.8 Å². The van der Waals surface area contributed by atoms with Gasteiger partial charge in [-0.3, -0.25) is 18.4 Å². The lowest BCUT2D eigenvalue weighted by Crippen LogP contribution is -2.62. The summed E-state index contributed by atoms with van der Waals surface area (Å²) in [6.45, 7) is -1.08. The van der Waals surface area contributed by atoms with Gasteiger partial charge in [-0.2, -0.15) is 4.31 Å². The van der Waals surface area contributed by atoms with Gasteiger partial charge in [-0.05, 0) is 24.6 Å². The predicted octanol–water partition coefficient (Wildman–Crippen LogP) is -3.21. The molecule has 1 fully saturated rings. The molecular weight excluding hydrogens is 776 g/mol. The summed E-state index contributed by atoms with van der Waals surface area (Å²) in [5.74, 6) is -0.825. The van der Waals surface area contributed by atoms with Gasteiger partial charge in [0, 0.05) is 11.4 Å². The van der Waals surface area contributed by atoms with E-state index < -0.39 is 90.5 Å². The van der Waals surface area contributed by atoms with Crippen molar-refractivity contribution < 1.29 is 72.4 Å². The smallest absolute Gasteiger partial charge is 0.481 e. The van der Waals surface area contributed by atoms with E-state index in [4.69, 9.17) is 26.6 Å². The first-order chi connectivity index (χ1) is 24.9. The third kappa shape index (κ3) is 8.12. The van der Waals surface area contributed by atoms with Crippen LogP contribution in [0, 0.1) is 6.92 Å². The molecule has 5 heterocycles.